The van der Waals surface area contributed by atoms with Crippen molar-refractivity contribution in [3.63, 3.8) is 0 Å². The predicted octanol–water partition coefficient (Wildman–Crippen LogP) is 15.2. The first-order valence-corrected chi connectivity index (χ1v) is 55.2. The average molecular weight is 2040 g/mol. The number of likely N-dealkylation sites (tertiary alicyclic amines) is 3. The van der Waals surface area contributed by atoms with E-state index in [1.165, 1.54) is 214 Å². The maximum atomic E-state index is 6.27. The fourth-order valence-corrected chi connectivity index (χ4v) is 23.1. The van der Waals surface area contributed by atoms with E-state index in [9.17, 15) is 0 Å². The number of hydrogen-bond acceptors (Lipinski definition) is 28. The lowest BCUT2D eigenvalue weighted by atomic mass is 10.1. The Balaban J connectivity index is 0.000000106. The second kappa shape index (κ2) is 48.0. The van der Waals surface area contributed by atoms with Gasteiger partial charge < -0.3 is 83.7 Å². The van der Waals surface area contributed by atoms with Crippen LogP contribution >= 0.6 is 0 Å². The summed E-state index contributed by atoms with van der Waals surface area (Å²) in [5, 5.41) is 35.6. The predicted molar refractivity (Wildman–Crippen MR) is 596 cm³/mol. The van der Waals surface area contributed by atoms with Crippen LogP contribution in [0.1, 0.15) is 208 Å². The van der Waals surface area contributed by atoms with Crippen LogP contribution < -0.4 is 73.9 Å². The maximum absolute atomic E-state index is 6.27. The van der Waals surface area contributed by atoms with Crippen LogP contribution in [0.2, 0.25) is 0 Å². The second-order valence-electron chi connectivity index (χ2n) is 42.2. The summed E-state index contributed by atoms with van der Waals surface area (Å²) in [5.41, 5.74) is 75.9. The third kappa shape index (κ3) is 23.3. The number of nitrogens with two attached hydrogens (primary N) is 7. The van der Waals surface area contributed by atoms with Crippen molar-refractivity contribution in [3.05, 3.63) is 224 Å². The molecule has 35 heteroatoms. The SMILES string of the molecule is CC(C)N(CCOc1nn2c3c(ccc2c1N)CCC3)C(C)C.CN(C)CCOc1nn2c3c(ccc2c1N)CCC3.Nc1c(NCCN2CCCC2)nn2c3c(ccc12)CCC3.Nc1c(OCCN2CCCC2)nn2c3c(ccc12)CCC3.Nc1c(OCCN2CCCCC2)nn2c3c(ccc12)CCC3.Nc1c(OCCc2ccccn2)nn2c3c(ccc12)CCC3.Nc1c(OCCc2cccnc2)nn2c3c(ccc12)CCC3. The van der Waals surface area contributed by atoms with E-state index in [4.69, 9.17) is 73.7 Å². The number of ether oxygens (including phenoxy) is 6. The smallest absolute Gasteiger partial charge is 0.257 e. The molecule has 3 aliphatic heterocycles. The van der Waals surface area contributed by atoms with E-state index in [0.717, 1.165) is 197 Å². The summed E-state index contributed by atoms with van der Waals surface area (Å²) in [6, 6.07) is 40.5. The van der Waals surface area contributed by atoms with Crippen LogP contribution in [0, 0.1) is 0 Å². The Labute approximate surface area is 878 Å². The number of pyridine rings is 9. The van der Waals surface area contributed by atoms with Gasteiger partial charge >= 0.3 is 0 Å². The number of aryl methyl sites for hydroxylation is 14. The first-order chi connectivity index (χ1) is 73.3. The molecule has 7 aliphatic carbocycles. The van der Waals surface area contributed by atoms with Gasteiger partial charge in [-0.3, -0.25) is 24.7 Å². The maximum Gasteiger partial charge on any atom is 0.257 e. The number of aromatic nitrogens is 16. The van der Waals surface area contributed by atoms with Crippen LogP contribution in [0.15, 0.2) is 134 Å². The van der Waals surface area contributed by atoms with Crippen molar-refractivity contribution in [2.45, 2.75) is 232 Å². The Hall–Kier alpha value is -13.9. The van der Waals surface area contributed by atoms with Gasteiger partial charge in [-0.15, -0.1) is 35.7 Å². The minimum absolute atomic E-state index is 0.500. The van der Waals surface area contributed by atoms with Crippen molar-refractivity contribution < 1.29 is 28.4 Å². The van der Waals surface area contributed by atoms with Gasteiger partial charge in [-0.25, -0.2) is 31.6 Å². The summed E-state index contributed by atoms with van der Waals surface area (Å²) in [6.07, 6.45) is 40.2. The Morgan fingerprint density at radius 1 is 0.300 bits per heavy atom. The molecule has 3 saturated heterocycles. The van der Waals surface area contributed by atoms with Crippen molar-refractivity contribution in [2.24, 2.45) is 0 Å². The zero-order valence-electron chi connectivity index (χ0n) is 88.7. The van der Waals surface area contributed by atoms with Crippen molar-refractivity contribution in [3.8, 4) is 35.3 Å². The van der Waals surface area contributed by atoms with E-state index in [2.05, 4.69) is 169 Å². The Morgan fingerprint density at radius 3 is 0.927 bits per heavy atom. The number of hydrogen-bond donors (Lipinski definition) is 8. The molecule has 150 heavy (non-hydrogen) atoms. The van der Waals surface area contributed by atoms with Gasteiger partial charge in [-0.2, -0.15) is 0 Å². The molecule has 15 N–H and O–H groups in total. The third-order valence-electron chi connectivity index (χ3n) is 31.2. The molecule has 26 rings (SSSR count). The Morgan fingerprint density at radius 2 is 0.607 bits per heavy atom. The molecule has 35 nitrogen and oxygen atoms in total. The summed E-state index contributed by atoms with van der Waals surface area (Å²) < 4.78 is 48.8. The molecule has 0 bridgehead atoms. The Bertz CT molecular complexity index is 7040. The number of anilines is 8. The first-order valence-electron chi connectivity index (χ1n) is 55.2. The van der Waals surface area contributed by atoms with Gasteiger partial charge in [0.2, 0.25) is 0 Å². The Kier molecular flexibility index (Phi) is 33.0. The summed E-state index contributed by atoms with van der Waals surface area (Å²) in [7, 11) is 4.03. The molecular weight excluding hydrogens is 1880 g/mol. The summed E-state index contributed by atoms with van der Waals surface area (Å²) in [6.45, 7) is 25.3. The van der Waals surface area contributed by atoms with E-state index in [1.807, 2.05) is 95.9 Å². The molecule has 10 aliphatic rings. The molecule has 0 aromatic carbocycles. The highest BCUT2D eigenvalue weighted by atomic mass is 16.5. The minimum Gasteiger partial charge on any atom is -0.475 e. The molecule has 0 saturated carbocycles. The molecular formula is C115H153N29O6. The number of nitrogens with one attached hydrogen (secondary N) is 1. The summed E-state index contributed by atoms with van der Waals surface area (Å²) >= 11 is 0. The van der Waals surface area contributed by atoms with Gasteiger partial charge in [0, 0.05) is 128 Å². The van der Waals surface area contributed by atoms with Crippen LogP contribution in [0.25, 0.3) is 38.6 Å². The molecule has 0 amide bonds. The molecule has 3 fully saturated rings. The van der Waals surface area contributed by atoms with Gasteiger partial charge in [0.05, 0.1) is 51.8 Å². The highest BCUT2D eigenvalue weighted by Crippen LogP contribution is 2.40. The van der Waals surface area contributed by atoms with E-state index in [0.29, 0.717) is 121 Å². The average Bonchev–Trinajstić information content (AvgIpc) is 1.65. The van der Waals surface area contributed by atoms with E-state index in [-0.39, 0.29) is 0 Å². The van der Waals surface area contributed by atoms with Crippen molar-refractivity contribution in [2.75, 3.05) is 178 Å². The zero-order chi connectivity index (χ0) is 103. The lowest BCUT2D eigenvalue weighted by molar-refractivity contribution is 0.140. The van der Waals surface area contributed by atoms with E-state index in [1.54, 1.807) is 12.4 Å². The number of nitrogens with zero attached hydrogens (tertiary/aromatic N) is 21. The highest BCUT2D eigenvalue weighted by Gasteiger charge is 2.30. The third-order valence-corrected chi connectivity index (χ3v) is 31.2. The van der Waals surface area contributed by atoms with E-state index < -0.39 is 0 Å². The van der Waals surface area contributed by atoms with Crippen LogP contribution in [0.3, 0.4) is 0 Å². The monoisotopic (exact) mass is 2040 g/mol. The number of piperidine rings is 1. The first kappa shape index (κ1) is 103. The fourth-order valence-electron chi connectivity index (χ4n) is 23.1. The normalized spacial score (nSPS) is 15.9. The molecule has 0 radical (unpaired) electrons. The van der Waals surface area contributed by atoms with Crippen LogP contribution in [-0.4, -0.2) is 246 Å². The van der Waals surface area contributed by atoms with Gasteiger partial charge in [-0.05, 0) is 360 Å². The van der Waals surface area contributed by atoms with Crippen molar-refractivity contribution >= 4 is 84.2 Å². The molecule has 19 heterocycles. The molecule has 0 unspecified atom stereocenters. The number of likely N-dealkylation sites (N-methyl/N-ethyl adjacent to an activating group) is 1. The molecule has 16 aromatic heterocycles. The van der Waals surface area contributed by atoms with Crippen LogP contribution in [0.4, 0.5) is 45.6 Å². The van der Waals surface area contributed by atoms with Gasteiger partial charge in [0.1, 0.15) is 66.2 Å². The van der Waals surface area contributed by atoms with Crippen LogP contribution in [-0.2, 0) is 103 Å². The molecule has 0 atom stereocenters. The van der Waals surface area contributed by atoms with E-state index >= 15 is 0 Å². The summed E-state index contributed by atoms with van der Waals surface area (Å²) in [4.78, 5) is 20.3. The molecule has 0 spiro atoms. The van der Waals surface area contributed by atoms with Gasteiger partial charge in [-0.1, -0.05) is 61.0 Å². The number of nitrogen functional groups attached to an aromatic ring is 7. The largest absolute Gasteiger partial charge is 0.475 e. The van der Waals surface area contributed by atoms with Crippen LogP contribution in [0.5, 0.6) is 35.3 Å². The number of fused-ring (bicyclic) bond motifs is 21. The quantitative estimate of drug-likeness (QED) is 0.0207. The topological polar surface area (TPSA) is 413 Å². The standard InChI is InChI=1S/C18H28N4O.2C17H18N4O.C17H24N4O.C16H23N5.C16H22N4O.C14H20N4O/c1-12(2)21(13(3)4)10-11-23-18-17(19)16-9-8-14-6-5-7-15(14)22(16)20-18;18-16-15-7-6-13-4-1-5-14(13)21(15)20-17(16)22-10-8-12-3-2-9-19-11-12;18-16-15-8-7-12-4-3-6-14(12)21(15)20-17(16)22-11-9-13-5-1-2-10-19-13;18-16-15-8-7-13-5-4-6-14(13)21(15)19-17(16)22-12-11-20-9-2-1-3-10-20;17-15-14-7-6-12-4-3-5-13(12)21(14)19-16(15)18-8-11-20-9-1-2-10-20;17-15-14-7-6-12-4-3-5-13(12)20(14)18-16(15)21-11-10-19-8-1-2-9-19;1-17(2)8-9-19-14-13(15)12-7-6-10-4-3-5-11(10)18(12)16-14/h8-9,12-13H,5-7,10-11,19H2,1-4H3;2-3,6-7,9,11H,1,4-5,8,10,18H2;1-2,5,7-8,10H,3-4,6,9,11,18H2;7-8H,1-6,9-12,18H2;6-7H,1-5,8-11,17H2,(H,18,19);6-7H,1-5,8-11,17H2;6-7H,3-5,8-9,15H2,1-2H3. The molecule has 16 aromatic rings. The minimum atomic E-state index is 0.500. The molecule has 794 valence electrons. The van der Waals surface area contributed by atoms with Gasteiger partial charge in [0.25, 0.3) is 35.3 Å². The fraction of sp³-hybridized carbons (Fsp3) is 0.487. The lowest BCUT2D eigenvalue weighted by Crippen LogP contribution is -2.39. The summed E-state index contributed by atoms with van der Waals surface area (Å²) in [5.74, 6) is 4.21. The zero-order valence-corrected chi connectivity index (χ0v) is 88.7. The van der Waals surface area contributed by atoms with Crippen molar-refractivity contribution in [1.29, 1.82) is 0 Å². The lowest BCUT2D eigenvalue weighted by Gasteiger charge is -2.30. The highest BCUT2D eigenvalue weighted by molar-refractivity contribution is 5.83. The second-order valence-corrected chi connectivity index (χ2v) is 42.2. The van der Waals surface area contributed by atoms with Gasteiger partial charge in [0.15, 0.2) is 5.82 Å². The van der Waals surface area contributed by atoms with Crippen molar-refractivity contribution in [1.82, 2.24) is 102 Å². The number of rotatable bonds is 30.